The molecule has 2 rings (SSSR count). The molecule has 5 heteroatoms. The molecule has 0 fully saturated rings. The number of benzene rings is 1. The summed E-state index contributed by atoms with van der Waals surface area (Å²) in [5.41, 5.74) is 2.81. The minimum atomic E-state index is 0.0199. The van der Waals surface area contributed by atoms with E-state index in [4.69, 9.17) is 0 Å². The van der Waals surface area contributed by atoms with E-state index in [1.165, 1.54) is 0 Å². The molecule has 0 aliphatic carbocycles. The fourth-order valence-corrected chi connectivity index (χ4v) is 2.22. The van der Waals surface area contributed by atoms with Gasteiger partial charge in [0.15, 0.2) is 0 Å². The Morgan fingerprint density at radius 1 is 1.36 bits per heavy atom. The van der Waals surface area contributed by atoms with Crippen molar-refractivity contribution in [2.24, 2.45) is 4.99 Å². The number of aliphatic imine (C=N–C) groups is 1. The van der Waals surface area contributed by atoms with Gasteiger partial charge in [-0.3, -0.25) is 0 Å². The van der Waals surface area contributed by atoms with Crippen molar-refractivity contribution in [3.63, 3.8) is 0 Å². The van der Waals surface area contributed by atoms with E-state index in [9.17, 15) is 0 Å². The van der Waals surface area contributed by atoms with Crippen LogP contribution in [0.4, 0.5) is 5.69 Å². The number of nitrogens with zero attached hydrogens (tertiary/aromatic N) is 4. The second-order valence-electron chi connectivity index (χ2n) is 3.12. The van der Waals surface area contributed by atoms with Crippen LogP contribution in [0.15, 0.2) is 23.2 Å². The van der Waals surface area contributed by atoms with Crippen LogP contribution in [0.5, 0.6) is 0 Å². The van der Waals surface area contributed by atoms with Crippen molar-refractivity contribution in [2.45, 2.75) is 0 Å². The fourth-order valence-electron chi connectivity index (χ4n) is 1.07. The van der Waals surface area contributed by atoms with Crippen LogP contribution in [-0.4, -0.2) is 48.3 Å². The summed E-state index contributed by atoms with van der Waals surface area (Å²) in [6, 6.07) is 5.89. The van der Waals surface area contributed by atoms with Crippen molar-refractivity contribution < 1.29 is 0 Å². The molecule has 2 aromatic rings. The zero-order valence-electron chi connectivity index (χ0n) is 8.01. The summed E-state index contributed by atoms with van der Waals surface area (Å²) < 4.78 is 8.64. The molecular formula is C9H10N4Se. The van der Waals surface area contributed by atoms with Gasteiger partial charge in [0.1, 0.15) is 0 Å². The number of hydrogen-bond donors (Lipinski definition) is 0. The quantitative estimate of drug-likeness (QED) is 0.454. The maximum absolute atomic E-state index is 4.34. The van der Waals surface area contributed by atoms with Gasteiger partial charge in [0, 0.05) is 0 Å². The average molecular weight is 253 g/mol. The molecule has 1 heterocycles. The van der Waals surface area contributed by atoms with Gasteiger partial charge in [-0.1, -0.05) is 0 Å². The zero-order chi connectivity index (χ0) is 9.97. The Hall–Kier alpha value is -1.19. The van der Waals surface area contributed by atoms with Crippen LogP contribution in [0.2, 0.25) is 0 Å². The molecule has 0 aliphatic heterocycles. The first-order valence-corrected chi connectivity index (χ1v) is 5.72. The van der Waals surface area contributed by atoms with E-state index < -0.39 is 0 Å². The van der Waals surface area contributed by atoms with E-state index >= 15 is 0 Å². The summed E-state index contributed by atoms with van der Waals surface area (Å²) in [6.07, 6.45) is 1.77. The summed E-state index contributed by atoms with van der Waals surface area (Å²) in [5, 5.41) is 0. The van der Waals surface area contributed by atoms with E-state index in [2.05, 4.69) is 13.0 Å². The van der Waals surface area contributed by atoms with E-state index in [1.807, 2.05) is 37.2 Å². The molecule has 0 atom stereocenters. The van der Waals surface area contributed by atoms with Gasteiger partial charge in [0.05, 0.1) is 0 Å². The van der Waals surface area contributed by atoms with Gasteiger partial charge in [0.25, 0.3) is 0 Å². The monoisotopic (exact) mass is 254 g/mol. The van der Waals surface area contributed by atoms with Crippen molar-refractivity contribution in [1.29, 1.82) is 0 Å². The Morgan fingerprint density at radius 2 is 2.21 bits per heavy atom. The summed E-state index contributed by atoms with van der Waals surface area (Å²) in [7, 11) is 3.89. The van der Waals surface area contributed by atoms with E-state index in [0.717, 1.165) is 16.7 Å². The van der Waals surface area contributed by atoms with E-state index in [-0.39, 0.29) is 15.0 Å². The molecule has 0 bridgehead atoms. The zero-order valence-corrected chi connectivity index (χ0v) is 9.72. The second kappa shape index (κ2) is 3.90. The predicted molar refractivity (Wildman–Crippen MR) is 58.3 cm³/mol. The molecule has 0 radical (unpaired) electrons. The van der Waals surface area contributed by atoms with Gasteiger partial charge in [0.2, 0.25) is 0 Å². The Kier molecular flexibility index (Phi) is 2.61. The SMILES string of the molecule is CN(C)C=Nc1cccc2n[se]nc12. The van der Waals surface area contributed by atoms with Gasteiger partial charge in [-0.15, -0.1) is 0 Å². The molecular weight excluding hydrogens is 243 g/mol. The van der Waals surface area contributed by atoms with Crippen molar-refractivity contribution in [1.82, 2.24) is 12.9 Å². The van der Waals surface area contributed by atoms with Crippen LogP contribution >= 0.6 is 0 Å². The molecule has 0 aliphatic rings. The summed E-state index contributed by atoms with van der Waals surface area (Å²) in [5.74, 6) is 0. The van der Waals surface area contributed by atoms with Gasteiger partial charge in [-0.05, 0) is 0 Å². The molecule has 0 N–H and O–H groups in total. The van der Waals surface area contributed by atoms with Crippen molar-refractivity contribution in [2.75, 3.05) is 14.1 Å². The number of aromatic nitrogens is 2. The molecule has 1 aromatic heterocycles. The Balaban J connectivity index is 2.46. The van der Waals surface area contributed by atoms with Gasteiger partial charge in [-0.25, -0.2) is 0 Å². The Labute approximate surface area is 88.5 Å². The standard InChI is InChI=1S/C9H10N4Se/c1-13(2)6-10-7-4-3-5-8-9(7)12-14-11-8/h3-6H,1-2H3. The van der Waals surface area contributed by atoms with Gasteiger partial charge in [-0.2, -0.15) is 0 Å². The van der Waals surface area contributed by atoms with Crippen molar-refractivity contribution >= 4 is 38.0 Å². The molecule has 4 nitrogen and oxygen atoms in total. The number of hydrogen-bond acceptors (Lipinski definition) is 3. The first-order chi connectivity index (χ1) is 6.77. The fraction of sp³-hybridized carbons (Fsp3) is 0.222. The van der Waals surface area contributed by atoms with Crippen LogP contribution in [-0.2, 0) is 0 Å². The maximum atomic E-state index is 4.34. The molecule has 0 saturated heterocycles. The molecule has 0 amide bonds. The summed E-state index contributed by atoms with van der Waals surface area (Å²) in [6.45, 7) is 0. The third kappa shape index (κ3) is 1.83. The van der Waals surface area contributed by atoms with Crippen molar-refractivity contribution in [3.05, 3.63) is 18.2 Å². The molecule has 1 aromatic carbocycles. The van der Waals surface area contributed by atoms with Crippen LogP contribution in [0.1, 0.15) is 0 Å². The second-order valence-corrected chi connectivity index (χ2v) is 4.23. The predicted octanol–water partition coefficient (Wildman–Crippen LogP) is 0.908. The minimum absolute atomic E-state index is 0.0199. The van der Waals surface area contributed by atoms with Crippen LogP contribution < -0.4 is 0 Å². The third-order valence-corrected chi connectivity index (χ3v) is 2.83. The average Bonchev–Trinajstić information content (AvgIpc) is 2.62. The Bertz CT molecular complexity index is 461. The van der Waals surface area contributed by atoms with Crippen molar-refractivity contribution in [3.8, 4) is 0 Å². The van der Waals surface area contributed by atoms with Crippen LogP contribution in [0.3, 0.4) is 0 Å². The molecule has 0 spiro atoms. The van der Waals surface area contributed by atoms with Gasteiger partial charge < -0.3 is 0 Å². The molecule has 0 saturated carbocycles. The molecule has 0 unspecified atom stereocenters. The molecule has 14 heavy (non-hydrogen) atoms. The normalized spacial score (nSPS) is 11.3. The van der Waals surface area contributed by atoms with Crippen LogP contribution in [0, 0.1) is 0 Å². The van der Waals surface area contributed by atoms with E-state index in [1.54, 1.807) is 6.34 Å². The summed E-state index contributed by atoms with van der Waals surface area (Å²) >= 11 is 0.0199. The van der Waals surface area contributed by atoms with Gasteiger partial charge >= 0.3 is 88.2 Å². The number of fused-ring (bicyclic) bond motifs is 1. The topological polar surface area (TPSA) is 41.4 Å². The van der Waals surface area contributed by atoms with E-state index in [0.29, 0.717) is 0 Å². The third-order valence-electron chi connectivity index (χ3n) is 1.69. The first kappa shape index (κ1) is 9.37. The number of rotatable bonds is 2. The summed E-state index contributed by atoms with van der Waals surface area (Å²) in [4.78, 5) is 6.23. The Morgan fingerprint density at radius 3 is 3.00 bits per heavy atom. The molecule has 72 valence electrons. The van der Waals surface area contributed by atoms with Crippen LogP contribution in [0.25, 0.3) is 11.0 Å². The first-order valence-electron chi connectivity index (χ1n) is 4.19.